The number of amides is 2. The molecule has 3 aromatic carbocycles. The van der Waals surface area contributed by atoms with E-state index in [0.29, 0.717) is 34.8 Å². The summed E-state index contributed by atoms with van der Waals surface area (Å²) in [5.41, 5.74) is 1.06. The van der Waals surface area contributed by atoms with E-state index in [-0.39, 0.29) is 42.6 Å². The van der Waals surface area contributed by atoms with Crippen LogP contribution < -0.4 is 15.4 Å². The first-order valence-corrected chi connectivity index (χ1v) is 14.6. The van der Waals surface area contributed by atoms with Crippen molar-refractivity contribution in [3.05, 3.63) is 84.6 Å². The van der Waals surface area contributed by atoms with Gasteiger partial charge in [0, 0.05) is 60.9 Å². The van der Waals surface area contributed by atoms with E-state index in [1.54, 1.807) is 47.4 Å². The number of pyridine rings is 1. The SMILES string of the molecule is CCOc1cccc(NC(=O)N2CCN(S(=O)(=O)c3ccc(Nc4ccnc5cc(C(F)(F)F)ccc45)cc3)CC2)c1. The fraction of sp³-hybridized carbons (Fsp3) is 0.241. The first kappa shape index (κ1) is 29.1. The predicted molar refractivity (Wildman–Crippen MR) is 153 cm³/mol. The largest absolute Gasteiger partial charge is 0.494 e. The molecule has 0 spiro atoms. The number of ether oxygens (including phenoxy) is 1. The van der Waals surface area contributed by atoms with E-state index in [9.17, 15) is 26.4 Å². The number of benzene rings is 3. The minimum atomic E-state index is -4.48. The highest BCUT2D eigenvalue weighted by molar-refractivity contribution is 7.89. The Hall–Kier alpha value is -4.36. The van der Waals surface area contributed by atoms with Crippen molar-refractivity contribution < 1.29 is 31.1 Å². The van der Waals surface area contributed by atoms with E-state index in [1.807, 2.05) is 6.92 Å². The Morgan fingerprint density at radius 1 is 0.952 bits per heavy atom. The summed E-state index contributed by atoms with van der Waals surface area (Å²) in [4.78, 5) is 18.4. The standard InChI is InChI=1S/C29H28F3N5O4S/c1-2-41-23-5-3-4-22(19-23)35-28(38)36-14-16-37(17-15-36)42(39,40)24-9-7-21(8-10-24)34-26-12-13-33-27-18-20(29(30,31)32)6-11-25(26)27/h3-13,18-19H,2,14-17H2,1H3,(H,33,34)(H,35,38). The third kappa shape index (κ3) is 6.42. The maximum Gasteiger partial charge on any atom is 0.416 e. The van der Waals surface area contributed by atoms with Crippen LogP contribution in [0.25, 0.3) is 10.9 Å². The highest BCUT2D eigenvalue weighted by Crippen LogP contribution is 2.33. The molecule has 1 aliphatic heterocycles. The summed E-state index contributed by atoms with van der Waals surface area (Å²) in [7, 11) is -3.81. The van der Waals surface area contributed by atoms with Gasteiger partial charge in [-0.25, -0.2) is 13.2 Å². The number of hydrogen-bond acceptors (Lipinski definition) is 6. The fourth-order valence-corrected chi connectivity index (χ4v) is 6.03. The number of nitrogens with zero attached hydrogens (tertiary/aromatic N) is 3. The second kappa shape index (κ2) is 11.9. The second-order valence-electron chi connectivity index (χ2n) is 9.52. The van der Waals surface area contributed by atoms with Gasteiger partial charge in [0.25, 0.3) is 0 Å². The number of fused-ring (bicyclic) bond motifs is 1. The number of nitrogens with one attached hydrogen (secondary N) is 2. The molecule has 1 aromatic heterocycles. The van der Waals surface area contributed by atoms with Crippen LogP contribution in [0.15, 0.2) is 83.9 Å². The minimum Gasteiger partial charge on any atom is -0.494 e. The van der Waals surface area contributed by atoms with Crippen LogP contribution in [-0.2, 0) is 16.2 Å². The lowest BCUT2D eigenvalue weighted by Crippen LogP contribution is -2.51. The van der Waals surface area contributed by atoms with Crippen molar-refractivity contribution in [3.63, 3.8) is 0 Å². The zero-order chi connectivity index (χ0) is 29.9. The second-order valence-corrected chi connectivity index (χ2v) is 11.5. The summed E-state index contributed by atoms with van der Waals surface area (Å²) in [6.07, 6.45) is -3.07. The number of halogens is 3. The monoisotopic (exact) mass is 599 g/mol. The van der Waals surface area contributed by atoms with Crippen molar-refractivity contribution in [2.75, 3.05) is 43.4 Å². The fourth-order valence-electron chi connectivity index (χ4n) is 4.61. The zero-order valence-corrected chi connectivity index (χ0v) is 23.4. The van der Waals surface area contributed by atoms with Crippen LogP contribution >= 0.6 is 0 Å². The molecule has 0 aliphatic carbocycles. The molecule has 1 saturated heterocycles. The Labute approximate surface area is 241 Å². The molecule has 42 heavy (non-hydrogen) atoms. The highest BCUT2D eigenvalue weighted by atomic mass is 32.2. The maximum absolute atomic E-state index is 13.3. The molecule has 0 atom stereocenters. The van der Waals surface area contributed by atoms with Gasteiger partial charge in [0.1, 0.15) is 5.75 Å². The number of carbonyl (C=O) groups excluding carboxylic acids is 1. The number of piperazine rings is 1. The van der Waals surface area contributed by atoms with E-state index >= 15 is 0 Å². The molecule has 2 heterocycles. The Balaban J connectivity index is 1.21. The van der Waals surface area contributed by atoms with Crippen molar-refractivity contribution in [3.8, 4) is 5.75 Å². The lowest BCUT2D eigenvalue weighted by molar-refractivity contribution is -0.137. The van der Waals surface area contributed by atoms with Gasteiger partial charge in [-0.15, -0.1) is 0 Å². The van der Waals surface area contributed by atoms with Gasteiger partial charge in [-0.3, -0.25) is 4.98 Å². The average molecular weight is 600 g/mol. The van der Waals surface area contributed by atoms with E-state index in [1.165, 1.54) is 28.7 Å². The van der Waals surface area contributed by atoms with Crippen LogP contribution in [0.3, 0.4) is 0 Å². The molecule has 2 N–H and O–H groups in total. The number of aromatic nitrogens is 1. The van der Waals surface area contributed by atoms with Crippen molar-refractivity contribution in [1.29, 1.82) is 0 Å². The van der Waals surface area contributed by atoms with Crippen molar-refractivity contribution in [2.45, 2.75) is 18.0 Å². The summed E-state index contributed by atoms with van der Waals surface area (Å²) in [6.45, 7) is 3.09. The molecule has 1 fully saturated rings. The number of anilines is 3. The zero-order valence-electron chi connectivity index (χ0n) is 22.6. The van der Waals surface area contributed by atoms with Crippen LogP contribution in [0, 0.1) is 0 Å². The van der Waals surface area contributed by atoms with E-state index in [0.717, 1.165) is 12.1 Å². The van der Waals surface area contributed by atoms with Crippen LogP contribution in [0.2, 0.25) is 0 Å². The summed E-state index contributed by atoms with van der Waals surface area (Å²) >= 11 is 0. The third-order valence-electron chi connectivity index (χ3n) is 6.76. The molecule has 220 valence electrons. The lowest BCUT2D eigenvalue weighted by atomic mass is 10.1. The number of rotatable bonds is 7. The normalized spacial score (nSPS) is 14.5. The quantitative estimate of drug-likeness (QED) is 0.273. The number of carbonyl (C=O) groups is 1. The van der Waals surface area contributed by atoms with Crippen molar-refractivity contribution >= 4 is 44.0 Å². The van der Waals surface area contributed by atoms with Crippen LogP contribution in [-0.4, -0.2) is 61.4 Å². The summed E-state index contributed by atoms with van der Waals surface area (Å²) in [5, 5.41) is 6.44. The molecule has 9 nitrogen and oxygen atoms in total. The number of urea groups is 1. The number of sulfonamides is 1. The Kier molecular flexibility index (Phi) is 8.23. The summed E-state index contributed by atoms with van der Waals surface area (Å²) in [6, 6.07) is 17.8. The minimum absolute atomic E-state index is 0.0908. The Morgan fingerprint density at radius 3 is 2.38 bits per heavy atom. The molecule has 0 saturated carbocycles. The molecule has 4 aromatic rings. The lowest BCUT2D eigenvalue weighted by Gasteiger charge is -2.34. The molecule has 0 radical (unpaired) electrons. The van der Waals surface area contributed by atoms with Crippen LogP contribution in [0.1, 0.15) is 12.5 Å². The van der Waals surface area contributed by atoms with Gasteiger partial charge < -0.3 is 20.3 Å². The van der Waals surface area contributed by atoms with E-state index < -0.39 is 21.8 Å². The summed E-state index contributed by atoms with van der Waals surface area (Å²) < 4.78 is 72.6. The molecule has 0 bridgehead atoms. The molecule has 2 amide bonds. The first-order valence-electron chi connectivity index (χ1n) is 13.2. The van der Waals surface area contributed by atoms with Crippen LogP contribution in [0.4, 0.5) is 35.0 Å². The van der Waals surface area contributed by atoms with Gasteiger partial charge in [-0.1, -0.05) is 12.1 Å². The van der Waals surface area contributed by atoms with Gasteiger partial charge in [0.15, 0.2) is 0 Å². The van der Waals surface area contributed by atoms with Crippen LogP contribution in [0.5, 0.6) is 5.75 Å². The Bertz CT molecular complexity index is 1690. The highest BCUT2D eigenvalue weighted by Gasteiger charge is 2.31. The Morgan fingerprint density at radius 2 is 1.69 bits per heavy atom. The molecule has 1 aliphatic rings. The number of hydrogen-bond donors (Lipinski definition) is 2. The van der Waals surface area contributed by atoms with Crippen molar-refractivity contribution in [2.24, 2.45) is 0 Å². The third-order valence-corrected chi connectivity index (χ3v) is 8.68. The van der Waals surface area contributed by atoms with Gasteiger partial charge >= 0.3 is 12.2 Å². The first-order chi connectivity index (χ1) is 20.0. The van der Waals surface area contributed by atoms with Crippen molar-refractivity contribution in [1.82, 2.24) is 14.2 Å². The maximum atomic E-state index is 13.3. The van der Waals surface area contributed by atoms with E-state index in [2.05, 4.69) is 15.6 Å². The molecule has 13 heteroatoms. The number of alkyl halides is 3. The molecule has 5 rings (SSSR count). The summed E-state index contributed by atoms with van der Waals surface area (Å²) in [5.74, 6) is 0.640. The van der Waals surface area contributed by atoms with Gasteiger partial charge in [0.2, 0.25) is 10.0 Å². The van der Waals surface area contributed by atoms with Gasteiger partial charge in [0.05, 0.1) is 22.6 Å². The molecule has 0 unspecified atom stereocenters. The molecular formula is C29H28F3N5O4S. The van der Waals surface area contributed by atoms with Gasteiger partial charge in [-0.2, -0.15) is 17.5 Å². The topological polar surface area (TPSA) is 104 Å². The smallest absolute Gasteiger partial charge is 0.416 e. The average Bonchev–Trinajstić information content (AvgIpc) is 2.97. The molecular weight excluding hydrogens is 571 g/mol. The van der Waals surface area contributed by atoms with E-state index in [4.69, 9.17) is 4.74 Å². The predicted octanol–water partition coefficient (Wildman–Crippen LogP) is 5.93. The van der Waals surface area contributed by atoms with Gasteiger partial charge in [-0.05, 0) is 61.5 Å².